The Labute approximate surface area is 127 Å². The molecule has 0 radical (unpaired) electrons. The van der Waals surface area contributed by atoms with Crippen LogP contribution < -0.4 is 10.1 Å². The third-order valence-electron chi connectivity index (χ3n) is 2.61. The van der Waals surface area contributed by atoms with Gasteiger partial charge in [0.25, 0.3) is 0 Å². The number of halogens is 4. The largest absolute Gasteiger partial charge is 0.573 e. The van der Waals surface area contributed by atoms with E-state index in [1.54, 1.807) is 18.2 Å². The van der Waals surface area contributed by atoms with Crippen LogP contribution in [0, 0.1) is 0 Å². The molecular weight excluding hydrogens is 351 g/mol. The predicted molar refractivity (Wildman–Crippen MR) is 76.3 cm³/mol. The van der Waals surface area contributed by atoms with Crippen molar-refractivity contribution in [1.82, 2.24) is 0 Å². The molecule has 7 heteroatoms. The van der Waals surface area contributed by atoms with Crippen molar-refractivity contribution in [3.63, 3.8) is 0 Å². The Morgan fingerprint density at radius 3 is 2.38 bits per heavy atom. The van der Waals surface area contributed by atoms with Gasteiger partial charge in [-0.05, 0) is 42.5 Å². The van der Waals surface area contributed by atoms with Crippen LogP contribution in [0.25, 0.3) is 0 Å². The van der Waals surface area contributed by atoms with Gasteiger partial charge >= 0.3 is 6.36 Å². The maximum Gasteiger partial charge on any atom is 0.573 e. The number of anilines is 1. The van der Waals surface area contributed by atoms with Crippen LogP contribution in [-0.4, -0.2) is 11.5 Å². The summed E-state index contributed by atoms with van der Waals surface area (Å²) in [6.45, 7) is 0.338. The van der Waals surface area contributed by atoms with Crippen molar-refractivity contribution in [3.8, 4) is 11.5 Å². The number of aromatic hydroxyl groups is 1. The highest BCUT2D eigenvalue weighted by Gasteiger charge is 2.30. The van der Waals surface area contributed by atoms with Crippen molar-refractivity contribution in [1.29, 1.82) is 0 Å². The summed E-state index contributed by atoms with van der Waals surface area (Å²) >= 11 is 3.30. The van der Waals surface area contributed by atoms with E-state index in [4.69, 9.17) is 0 Å². The number of ether oxygens (including phenoxy) is 1. The SMILES string of the molecule is Oc1ccc(Br)cc1CNc1ccc(OC(F)(F)F)cc1. The Morgan fingerprint density at radius 2 is 1.76 bits per heavy atom. The normalized spacial score (nSPS) is 11.2. The highest BCUT2D eigenvalue weighted by atomic mass is 79.9. The zero-order valence-electron chi connectivity index (χ0n) is 10.6. The number of rotatable bonds is 4. The van der Waals surface area contributed by atoms with Gasteiger partial charge in [0.05, 0.1) is 0 Å². The quantitative estimate of drug-likeness (QED) is 0.831. The molecule has 2 N–H and O–H groups in total. The smallest absolute Gasteiger partial charge is 0.508 e. The maximum atomic E-state index is 12.0. The highest BCUT2D eigenvalue weighted by Crippen LogP contribution is 2.25. The number of benzene rings is 2. The molecule has 0 aliphatic carbocycles. The van der Waals surface area contributed by atoms with Gasteiger partial charge in [-0.25, -0.2) is 0 Å². The van der Waals surface area contributed by atoms with E-state index in [1.807, 2.05) is 0 Å². The molecule has 0 saturated heterocycles. The maximum absolute atomic E-state index is 12.0. The Kier molecular flexibility index (Phi) is 4.62. The van der Waals surface area contributed by atoms with Gasteiger partial charge in [0.15, 0.2) is 0 Å². The molecule has 0 saturated carbocycles. The van der Waals surface area contributed by atoms with Crippen LogP contribution in [0.15, 0.2) is 46.9 Å². The summed E-state index contributed by atoms with van der Waals surface area (Å²) in [6, 6.07) is 10.4. The molecule has 2 rings (SSSR count). The third-order valence-corrected chi connectivity index (χ3v) is 3.11. The van der Waals surface area contributed by atoms with Gasteiger partial charge in [0.2, 0.25) is 0 Å². The van der Waals surface area contributed by atoms with Crippen molar-refractivity contribution in [2.75, 3.05) is 5.32 Å². The number of phenols is 1. The van der Waals surface area contributed by atoms with Crippen LogP contribution >= 0.6 is 15.9 Å². The van der Waals surface area contributed by atoms with E-state index in [1.165, 1.54) is 24.3 Å². The Morgan fingerprint density at radius 1 is 1.10 bits per heavy atom. The second kappa shape index (κ2) is 6.26. The standard InChI is InChI=1S/C14H11BrF3NO2/c15-10-1-6-13(20)9(7-10)8-19-11-2-4-12(5-3-11)21-14(16,17)18/h1-7,19-20H,8H2. The van der Waals surface area contributed by atoms with Crippen molar-refractivity contribution < 1.29 is 23.0 Å². The molecule has 3 nitrogen and oxygen atoms in total. The minimum atomic E-state index is -4.70. The molecule has 21 heavy (non-hydrogen) atoms. The number of alkyl halides is 3. The van der Waals surface area contributed by atoms with E-state index < -0.39 is 6.36 Å². The molecule has 0 atom stereocenters. The monoisotopic (exact) mass is 361 g/mol. The van der Waals surface area contributed by atoms with E-state index in [9.17, 15) is 18.3 Å². The van der Waals surface area contributed by atoms with Gasteiger partial charge < -0.3 is 15.2 Å². The van der Waals surface area contributed by atoms with Crippen molar-refractivity contribution in [3.05, 3.63) is 52.5 Å². The lowest BCUT2D eigenvalue weighted by molar-refractivity contribution is -0.274. The first kappa shape index (κ1) is 15.5. The average Bonchev–Trinajstić information content (AvgIpc) is 2.40. The summed E-state index contributed by atoms with van der Waals surface area (Å²) in [5, 5.41) is 12.7. The van der Waals surface area contributed by atoms with E-state index in [0.29, 0.717) is 17.8 Å². The van der Waals surface area contributed by atoms with E-state index in [0.717, 1.165) is 4.47 Å². The first-order valence-electron chi connectivity index (χ1n) is 5.90. The summed E-state index contributed by atoms with van der Waals surface area (Å²) in [5.74, 6) is -0.138. The van der Waals surface area contributed by atoms with Crippen LogP contribution in [0.5, 0.6) is 11.5 Å². The fourth-order valence-corrected chi connectivity index (χ4v) is 2.08. The molecule has 2 aromatic carbocycles. The Hall–Kier alpha value is -1.89. The van der Waals surface area contributed by atoms with E-state index >= 15 is 0 Å². The summed E-state index contributed by atoms with van der Waals surface area (Å²) in [6.07, 6.45) is -4.70. The highest BCUT2D eigenvalue weighted by molar-refractivity contribution is 9.10. The lowest BCUT2D eigenvalue weighted by Gasteiger charge is -2.11. The Balaban J connectivity index is 1.99. The van der Waals surface area contributed by atoms with Crippen molar-refractivity contribution >= 4 is 21.6 Å². The lowest BCUT2D eigenvalue weighted by Crippen LogP contribution is -2.17. The minimum Gasteiger partial charge on any atom is -0.508 e. The zero-order chi connectivity index (χ0) is 15.5. The Bertz CT molecular complexity index is 615. The first-order valence-corrected chi connectivity index (χ1v) is 6.70. The molecule has 2 aromatic rings. The van der Waals surface area contributed by atoms with Gasteiger partial charge in [0, 0.05) is 22.3 Å². The molecule has 0 heterocycles. The molecule has 0 spiro atoms. The van der Waals surface area contributed by atoms with Gasteiger partial charge in [-0.15, -0.1) is 13.2 Å². The van der Waals surface area contributed by atoms with Crippen LogP contribution in [-0.2, 0) is 6.54 Å². The first-order chi connectivity index (χ1) is 9.83. The summed E-state index contributed by atoms with van der Waals surface area (Å²) in [5.41, 5.74) is 1.28. The minimum absolute atomic E-state index is 0.141. The fraction of sp³-hybridized carbons (Fsp3) is 0.143. The summed E-state index contributed by atoms with van der Waals surface area (Å²) in [4.78, 5) is 0. The summed E-state index contributed by atoms with van der Waals surface area (Å²) in [7, 11) is 0. The van der Waals surface area contributed by atoms with Crippen molar-refractivity contribution in [2.45, 2.75) is 12.9 Å². The van der Waals surface area contributed by atoms with E-state index in [2.05, 4.69) is 26.0 Å². The second-order valence-corrected chi connectivity index (χ2v) is 5.11. The van der Waals surface area contributed by atoms with Crippen molar-refractivity contribution in [2.24, 2.45) is 0 Å². The van der Waals surface area contributed by atoms with Crippen LogP contribution in [0.3, 0.4) is 0 Å². The van der Waals surface area contributed by atoms with Crippen LogP contribution in [0.1, 0.15) is 5.56 Å². The number of hydrogen-bond acceptors (Lipinski definition) is 3. The fourth-order valence-electron chi connectivity index (χ4n) is 1.67. The zero-order valence-corrected chi connectivity index (χ0v) is 12.2. The molecule has 0 bridgehead atoms. The molecule has 0 amide bonds. The van der Waals surface area contributed by atoms with Gasteiger partial charge in [0.1, 0.15) is 11.5 Å². The number of nitrogens with one attached hydrogen (secondary N) is 1. The van der Waals surface area contributed by atoms with Crippen LogP contribution in [0.2, 0.25) is 0 Å². The lowest BCUT2D eigenvalue weighted by atomic mass is 10.2. The van der Waals surface area contributed by atoms with Crippen LogP contribution in [0.4, 0.5) is 18.9 Å². The third kappa shape index (κ3) is 4.86. The molecular formula is C14H11BrF3NO2. The number of phenolic OH excluding ortho intramolecular Hbond substituents is 1. The average molecular weight is 362 g/mol. The molecule has 0 aliphatic rings. The predicted octanol–water partition coefficient (Wildman–Crippen LogP) is 4.67. The number of hydrogen-bond donors (Lipinski definition) is 2. The summed E-state index contributed by atoms with van der Waals surface area (Å²) < 4.78 is 40.7. The molecule has 0 aromatic heterocycles. The molecule has 0 aliphatic heterocycles. The topological polar surface area (TPSA) is 41.5 Å². The second-order valence-electron chi connectivity index (χ2n) is 4.20. The van der Waals surface area contributed by atoms with E-state index in [-0.39, 0.29) is 11.5 Å². The molecule has 0 fully saturated rings. The van der Waals surface area contributed by atoms with Gasteiger partial charge in [-0.2, -0.15) is 0 Å². The molecule has 112 valence electrons. The van der Waals surface area contributed by atoms with Gasteiger partial charge in [-0.3, -0.25) is 0 Å². The molecule has 0 unspecified atom stereocenters. The van der Waals surface area contributed by atoms with Gasteiger partial charge in [-0.1, -0.05) is 15.9 Å².